The number of carboxylic acids is 5. The fourth-order valence-corrected chi connectivity index (χ4v) is 4.11. The van der Waals surface area contributed by atoms with E-state index >= 15 is 0 Å². The van der Waals surface area contributed by atoms with Crippen LogP contribution in [0.25, 0.3) is 0 Å². The molecule has 0 aliphatic carbocycles. The molecular formula is C29H45N5O15. The zero-order valence-corrected chi connectivity index (χ0v) is 27.0. The predicted octanol–water partition coefficient (Wildman–Crippen LogP) is -1.44. The third-order valence-electron chi connectivity index (χ3n) is 6.84. The smallest absolute Gasteiger partial charge is 0.326 e. The molecule has 20 heteroatoms. The summed E-state index contributed by atoms with van der Waals surface area (Å²) in [4.78, 5) is 117. The van der Waals surface area contributed by atoms with E-state index in [1.54, 1.807) is 0 Å². The van der Waals surface area contributed by atoms with Crippen molar-refractivity contribution in [3.05, 3.63) is 0 Å². The lowest BCUT2D eigenvalue weighted by atomic mass is 10.1. The van der Waals surface area contributed by atoms with Gasteiger partial charge in [0, 0.05) is 38.6 Å². The number of carboxylic acid groups (broad SMARTS) is 5. The average molecular weight is 704 g/mol. The summed E-state index contributed by atoms with van der Waals surface area (Å²) in [6.45, 7) is 2.42. The average Bonchev–Trinajstić information content (AvgIpc) is 3.01. The van der Waals surface area contributed by atoms with Gasteiger partial charge >= 0.3 is 29.8 Å². The van der Waals surface area contributed by atoms with Crippen LogP contribution in [-0.2, 0) is 47.9 Å². The summed E-state index contributed by atoms with van der Waals surface area (Å²) < 4.78 is 0. The van der Waals surface area contributed by atoms with Crippen LogP contribution in [0.3, 0.4) is 0 Å². The fourth-order valence-electron chi connectivity index (χ4n) is 4.11. The van der Waals surface area contributed by atoms with Gasteiger partial charge in [-0.2, -0.15) is 0 Å². The molecule has 0 aromatic rings. The number of unbranched alkanes of at least 4 members (excludes halogenated alkanes) is 2. The van der Waals surface area contributed by atoms with Crippen LogP contribution in [0.1, 0.15) is 90.4 Å². The van der Waals surface area contributed by atoms with Crippen molar-refractivity contribution in [2.45, 2.75) is 115 Å². The molecule has 0 saturated carbocycles. The monoisotopic (exact) mass is 703 g/mol. The molecule has 49 heavy (non-hydrogen) atoms. The van der Waals surface area contributed by atoms with Gasteiger partial charge in [0.15, 0.2) is 0 Å². The topological polar surface area (TPSA) is 332 Å². The predicted molar refractivity (Wildman–Crippen MR) is 165 cm³/mol. The quantitative estimate of drug-likeness (QED) is 0.0438. The molecule has 0 rings (SSSR count). The first kappa shape index (κ1) is 43.7. The lowest BCUT2D eigenvalue weighted by Gasteiger charge is -2.18. The normalized spacial score (nSPS) is 13.0. The number of nitrogens with one attached hydrogen (secondary N) is 5. The Balaban J connectivity index is 4.89. The first-order valence-corrected chi connectivity index (χ1v) is 15.5. The van der Waals surface area contributed by atoms with Gasteiger partial charge in [0.05, 0.1) is 6.42 Å². The molecule has 0 unspecified atom stereocenters. The standard InChI is InChI=1S/C29H45N5O15/c1-2-3-4-15-30-20(35)9-5-16(26(42)43)31-21(36)10-6-17(27(44)45)32-22(37)11-7-18(28(46)47)33-23(38)12-8-19(29(48)49)34-24(39)13-14-25(40)41/h16-19H,2-15H2,1H3,(H,30,35)(H,31,36)(H,32,37)(H,33,38)(H,34,39)(H,40,41)(H,42,43)(H,44,45)(H,46,47)(H,48,49)/t16-,17-,18-,19-/m0/s1. The maximum atomic E-state index is 12.4. The minimum Gasteiger partial charge on any atom is -0.481 e. The highest BCUT2D eigenvalue weighted by Crippen LogP contribution is 2.06. The number of aliphatic carboxylic acids is 5. The highest BCUT2D eigenvalue weighted by atomic mass is 16.4. The van der Waals surface area contributed by atoms with Gasteiger partial charge in [-0.25, -0.2) is 19.2 Å². The van der Waals surface area contributed by atoms with E-state index in [1.807, 2.05) is 6.92 Å². The highest BCUT2D eigenvalue weighted by molar-refractivity contribution is 5.88. The van der Waals surface area contributed by atoms with Crippen molar-refractivity contribution in [3.63, 3.8) is 0 Å². The maximum absolute atomic E-state index is 12.4. The van der Waals surface area contributed by atoms with Crippen molar-refractivity contribution < 1.29 is 73.5 Å². The molecule has 0 aliphatic rings. The van der Waals surface area contributed by atoms with Crippen LogP contribution < -0.4 is 26.6 Å². The Kier molecular flexibility index (Phi) is 21.3. The molecule has 0 spiro atoms. The molecule has 0 saturated heterocycles. The van der Waals surface area contributed by atoms with Gasteiger partial charge in [-0.05, 0) is 32.1 Å². The van der Waals surface area contributed by atoms with Gasteiger partial charge in [-0.1, -0.05) is 19.8 Å². The van der Waals surface area contributed by atoms with Crippen LogP contribution in [0.4, 0.5) is 0 Å². The van der Waals surface area contributed by atoms with E-state index in [0.29, 0.717) is 6.54 Å². The zero-order valence-electron chi connectivity index (χ0n) is 27.0. The van der Waals surface area contributed by atoms with E-state index in [2.05, 4.69) is 26.6 Å². The first-order valence-electron chi connectivity index (χ1n) is 15.5. The summed E-state index contributed by atoms with van der Waals surface area (Å²) in [7, 11) is 0. The summed E-state index contributed by atoms with van der Waals surface area (Å²) in [5, 5.41) is 57.2. The molecule has 0 heterocycles. The van der Waals surface area contributed by atoms with Crippen molar-refractivity contribution in [1.29, 1.82) is 0 Å². The Bertz CT molecular complexity index is 1210. The van der Waals surface area contributed by atoms with Crippen LogP contribution >= 0.6 is 0 Å². The van der Waals surface area contributed by atoms with Crippen LogP contribution in [0.15, 0.2) is 0 Å². The van der Waals surface area contributed by atoms with Crippen molar-refractivity contribution in [2.75, 3.05) is 6.54 Å². The Labute approximate surface area is 280 Å². The molecule has 0 bridgehead atoms. The number of hydrogen-bond donors (Lipinski definition) is 10. The number of rotatable bonds is 27. The van der Waals surface area contributed by atoms with Crippen molar-refractivity contribution >= 4 is 59.4 Å². The van der Waals surface area contributed by atoms with E-state index in [-0.39, 0.29) is 12.8 Å². The molecule has 0 aliphatic heterocycles. The van der Waals surface area contributed by atoms with E-state index in [4.69, 9.17) is 5.11 Å². The largest absolute Gasteiger partial charge is 0.481 e. The number of carbonyl (C=O) groups excluding carboxylic acids is 5. The summed E-state index contributed by atoms with van der Waals surface area (Å²) >= 11 is 0. The van der Waals surface area contributed by atoms with Gasteiger partial charge < -0.3 is 52.1 Å². The van der Waals surface area contributed by atoms with Gasteiger partial charge in [0.1, 0.15) is 24.2 Å². The minimum atomic E-state index is -1.65. The maximum Gasteiger partial charge on any atom is 0.326 e. The Hall–Kier alpha value is -5.30. The second kappa shape index (κ2) is 23.9. The van der Waals surface area contributed by atoms with Crippen molar-refractivity contribution in [2.24, 2.45) is 0 Å². The number of carbonyl (C=O) groups is 10. The number of hydrogen-bond acceptors (Lipinski definition) is 10. The molecule has 0 radical (unpaired) electrons. The van der Waals surface area contributed by atoms with Crippen LogP contribution in [-0.4, -0.2) is 116 Å². The summed E-state index contributed by atoms with van der Waals surface area (Å²) in [5.41, 5.74) is 0. The highest BCUT2D eigenvalue weighted by Gasteiger charge is 2.27. The van der Waals surface area contributed by atoms with Gasteiger partial charge in [-0.3, -0.25) is 28.8 Å². The lowest BCUT2D eigenvalue weighted by molar-refractivity contribution is -0.144. The SMILES string of the molecule is CCCCCNC(=O)CC[C@H](NC(=O)CC[C@H](NC(=O)CC[C@H](NC(=O)CC[C@H](NC(=O)CCC(=O)O)C(=O)O)C(=O)O)C(=O)O)C(=O)O. The second-order valence-corrected chi connectivity index (χ2v) is 10.9. The van der Waals surface area contributed by atoms with Crippen molar-refractivity contribution in [3.8, 4) is 0 Å². The molecule has 5 amide bonds. The van der Waals surface area contributed by atoms with E-state index in [1.165, 1.54) is 0 Å². The summed E-state index contributed by atoms with van der Waals surface area (Å²) in [5.74, 6) is -11.3. The van der Waals surface area contributed by atoms with Crippen LogP contribution in [0.2, 0.25) is 0 Å². The Morgan fingerprint density at radius 1 is 0.429 bits per heavy atom. The molecule has 20 nitrogen and oxygen atoms in total. The lowest BCUT2D eigenvalue weighted by Crippen LogP contribution is -2.45. The van der Waals surface area contributed by atoms with Gasteiger partial charge in [-0.15, -0.1) is 0 Å². The van der Waals surface area contributed by atoms with Crippen LogP contribution in [0.5, 0.6) is 0 Å². The Morgan fingerprint density at radius 2 is 0.735 bits per heavy atom. The van der Waals surface area contributed by atoms with E-state index in [9.17, 15) is 68.4 Å². The Morgan fingerprint density at radius 3 is 1.02 bits per heavy atom. The molecule has 0 aromatic carbocycles. The third kappa shape index (κ3) is 21.2. The third-order valence-corrected chi connectivity index (χ3v) is 6.84. The molecule has 0 fully saturated rings. The van der Waals surface area contributed by atoms with E-state index < -0.39 is 135 Å². The first-order chi connectivity index (χ1) is 23.0. The summed E-state index contributed by atoms with van der Waals surface area (Å²) in [6, 6.07) is -6.26. The van der Waals surface area contributed by atoms with Crippen molar-refractivity contribution in [1.82, 2.24) is 26.6 Å². The summed E-state index contributed by atoms with van der Waals surface area (Å²) in [6.07, 6.45) is -1.94. The second-order valence-electron chi connectivity index (χ2n) is 10.9. The number of amides is 5. The fraction of sp³-hybridized carbons (Fsp3) is 0.655. The molecule has 276 valence electrons. The molecule has 0 aromatic heterocycles. The van der Waals surface area contributed by atoms with Crippen LogP contribution in [0, 0.1) is 0 Å². The zero-order chi connectivity index (χ0) is 37.5. The molecule has 4 atom stereocenters. The minimum absolute atomic E-state index is 0.174. The van der Waals surface area contributed by atoms with Gasteiger partial charge in [0.2, 0.25) is 29.5 Å². The van der Waals surface area contributed by atoms with E-state index in [0.717, 1.165) is 19.3 Å². The molecular weight excluding hydrogens is 658 g/mol. The van der Waals surface area contributed by atoms with Gasteiger partial charge in [0.25, 0.3) is 0 Å². The molecule has 10 N–H and O–H groups in total.